The summed E-state index contributed by atoms with van der Waals surface area (Å²) in [5.41, 5.74) is 2.44. The van der Waals surface area contributed by atoms with E-state index in [1.165, 1.54) is 20.1 Å². The Hall–Kier alpha value is -2.37. The number of hydrogen-bond donors (Lipinski definition) is 0. The van der Waals surface area contributed by atoms with Crippen molar-refractivity contribution in [3.63, 3.8) is 0 Å². The Morgan fingerprint density at radius 1 is 1.00 bits per heavy atom. The Bertz CT molecular complexity index is 1080. The number of ether oxygens (including phenoxy) is 1. The van der Waals surface area contributed by atoms with Gasteiger partial charge in [0.05, 0.1) is 12.9 Å². The van der Waals surface area contributed by atoms with E-state index < -0.39 is 26.3 Å². The summed E-state index contributed by atoms with van der Waals surface area (Å²) < 4.78 is 45.5. The molecule has 0 unspecified atom stereocenters. The summed E-state index contributed by atoms with van der Waals surface area (Å²) >= 11 is 5.94. The van der Waals surface area contributed by atoms with E-state index in [0.717, 1.165) is 17.2 Å². The zero-order valence-electron chi connectivity index (χ0n) is 14.9. The van der Waals surface area contributed by atoms with E-state index >= 15 is 0 Å². The smallest absolute Gasteiger partial charge is 0.185 e. The first-order valence-electron chi connectivity index (χ1n) is 8.22. The van der Waals surface area contributed by atoms with Gasteiger partial charge in [0, 0.05) is 10.6 Å². The van der Waals surface area contributed by atoms with Crippen molar-refractivity contribution >= 4 is 21.4 Å². The van der Waals surface area contributed by atoms with E-state index in [2.05, 4.69) is 0 Å². The van der Waals surface area contributed by atoms with Crippen molar-refractivity contribution in [2.45, 2.75) is 17.6 Å². The lowest BCUT2D eigenvalue weighted by Gasteiger charge is -2.13. The molecule has 3 aromatic carbocycles. The molecule has 0 fully saturated rings. The Morgan fingerprint density at radius 3 is 2.37 bits per heavy atom. The van der Waals surface area contributed by atoms with E-state index in [9.17, 15) is 12.8 Å². The maximum absolute atomic E-state index is 14.4. The van der Waals surface area contributed by atoms with Crippen molar-refractivity contribution in [1.82, 2.24) is 0 Å². The number of hydrogen-bond acceptors (Lipinski definition) is 3. The first-order valence-corrected chi connectivity index (χ1v) is 10.3. The molecular weight excluding hydrogens is 387 g/mol. The third kappa shape index (κ3) is 4.15. The lowest BCUT2D eigenvalue weighted by molar-refractivity contribution is 0.411. The molecule has 3 rings (SSSR count). The SMILES string of the molecule is COc1ccc(-c2ccccc2)cc1CS(=O)(=O)c1cc(Cl)cc(C)c1F. The van der Waals surface area contributed by atoms with Gasteiger partial charge in [0.15, 0.2) is 9.84 Å². The van der Waals surface area contributed by atoms with Crippen LogP contribution in [0, 0.1) is 12.7 Å². The van der Waals surface area contributed by atoms with Crippen LogP contribution in [0.4, 0.5) is 4.39 Å². The molecule has 3 aromatic rings. The van der Waals surface area contributed by atoms with Crippen LogP contribution in [0.15, 0.2) is 65.6 Å². The highest BCUT2D eigenvalue weighted by atomic mass is 35.5. The molecular formula is C21H18ClFO3S. The first kappa shape index (κ1) is 19.4. The van der Waals surface area contributed by atoms with Crippen LogP contribution in [0.3, 0.4) is 0 Å². The van der Waals surface area contributed by atoms with E-state index in [4.69, 9.17) is 16.3 Å². The van der Waals surface area contributed by atoms with Crippen LogP contribution in [0.1, 0.15) is 11.1 Å². The average Bonchev–Trinajstić information content (AvgIpc) is 2.65. The second kappa shape index (κ2) is 7.71. The van der Waals surface area contributed by atoms with E-state index in [1.54, 1.807) is 12.1 Å². The van der Waals surface area contributed by atoms with Gasteiger partial charge in [0.25, 0.3) is 0 Å². The summed E-state index contributed by atoms with van der Waals surface area (Å²) in [7, 11) is -2.49. The van der Waals surface area contributed by atoms with E-state index in [-0.39, 0.29) is 10.6 Å². The quantitative estimate of drug-likeness (QED) is 0.569. The number of sulfone groups is 1. The van der Waals surface area contributed by atoms with Gasteiger partial charge < -0.3 is 4.74 Å². The predicted molar refractivity (Wildman–Crippen MR) is 105 cm³/mol. The van der Waals surface area contributed by atoms with Crippen LogP contribution in [-0.2, 0) is 15.6 Å². The number of aryl methyl sites for hydroxylation is 1. The van der Waals surface area contributed by atoms with Gasteiger partial charge >= 0.3 is 0 Å². The lowest BCUT2D eigenvalue weighted by atomic mass is 10.0. The van der Waals surface area contributed by atoms with Crippen molar-refractivity contribution in [2.24, 2.45) is 0 Å². The standard InChI is InChI=1S/C21H18ClFO3S/c1-14-10-18(22)12-20(21(14)23)27(24,25)13-17-11-16(8-9-19(17)26-2)15-6-4-3-5-7-15/h3-12H,13H2,1-2H3. The van der Waals surface area contributed by atoms with E-state index in [0.29, 0.717) is 11.3 Å². The molecule has 0 amide bonds. The molecule has 0 heterocycles. The molecule has 0 bridgehead atoms. The number of methoxy groups -OCH3 is 1. The molecule has 0 aliphatic carbocycles. The highest BCUT2D eigenvalue weighted by molar-refractivity contribution is 7.90. The Morgan fingerprint density at radius 2 is 1.70 bits per heavy atom. The van der Waals surface area contributed by atoms with Crippen LogP contribution in [0.2, 0.25) is 5.02 Å². The lowest BCUT2D eigenvalue weighted by Crippen LogP contribution is -2.09. The van der Waals surface area contributed by atoms with Gasteiger partial charge in [-0.2, -0.15) is 0 Å². The Labute approximate surface area is 163 Å². The highest BCUT2D eigenvalue weighted by Crippen LogP contribution is 2.31. The monoisotopic (exact) mass is 404 g/mol. The van der Waals surface area contributed by atoms with Gasteiger partial charge in [-0.3, -0.25) is 0 Å². The zero-order valence-corrected chi connectivity index (χ0v) is 16.4. The molecule has 3 nitrogen and oxygen atoms in total. The molecule has 0 aliphatic heterocycles. The Balaban J connectivity index is 2.06. The molecule has 0 N–H and O–H groups in total. The molecule has 0 spiro atoms. The van der Waals surface area contributed by atoms with E-state index in [1.807, 2.05) is 36.4 Å². The van der Waals surface area contributed by atoms with Crippen LogP contribution in [-0.4, -0.2) is 15.5 Å². The molecule has 6 heteroatoms. The largest absolute Gasteiger partial charge is 0.496 e. The molecule has 0 aromatic heterocycles. The second-order valence-electron chi connectivity index (χ2n) is 6.19. The first-order chi connectivity index (χ1) is 12.8. The summed E-state index contributed by atoms with van der Waals surface area (Å²) in [6.45, 7) is 1.48. The van der Waals surface area contributed by atoms with Gasteiger partial charge in [-0.05, 0) is 47.9 Å². The van der Waals surface area contributed by atoms with Crippen LogP contribution in [0.5, 0.6) is 5.75 Å². The molecule has 0 radical (unpaired) electrons. The molecule has 140 valence electrons. The maximum atomic E-state index is 14.4. The number of halogens is 2. The van der Waals surface area contributed by atoms with Gasteiger partial charge in [-0.25, -0.2) is 12.8 Å². The van der Waals surface area contributed by atoms with Crippen molar-refractivity contribution in [3.05, 3.63) is 82.6 Å². The summed E-state index contributed by atoms with van der Waals surface area (Å²) in [4.78, 5) is -0.403. The topological polar surface area (TPSA) is 43.4 Å². The zero-order chi connectivity index (χ0) is 19.6. The molecule has 0 saturated carbocycles. The van der Waals surface area contributed by atoms with Crippen molar-refractivity contribution in [3.8, 4) is 16.9 Å². The normalized spacial score (nSPS) is 11.4. The molecule has 0 aliphatic rings. The highest BCUT2D eigenvalue weighted by Gasteiger charge is 2.24. The van der Waals surface area contributed by atoms with Crippen LogP contribution >= 0.6 is 11.6 Å². The van der Waals surface area contributed by atoms with Crippen LogP contribution in [0.25, 0.3) is 11.1 Å². The molecule has 0 saturated heterocycles. The minimum absolute atomic E-state index is 0.178. The summed E-state index contributed by atoms with van der Waals surface area (Å²) in [6.07, 6.45) is 0. The van der Waals surface area contributed by atoms with Gasteiger partial charge in [-0.15, -0.1) is 0 Å². The summed E-state index contributed by atoms with van der Waals surface area (Å²) in [6, 6.07) is 17.4. The summed E-state index contributed by atoms with van der Waals surface area (Å²) in [5, 5.41) is 0.178. The number of rotatable bonds is 5. The van der Waals surface area contributed by atoms with Crippen LogP contribution < -0.4 is 4.74 Å². The third-order valence-corrected chi connectivity index (χ3v) is 6.13. The number of benzene rings is 3. The maximum Gasteiger partial charge on any atom is 0.185 e. The third-order valence-electron chi connectivity index (χ3n) is 4.25. The van der Waals surface area contributed by atoms with Gasteiger partial charge in [-0.1, -0.05) is 48.0 Å². The van der Waals surface area contributed by atoms with Gasteiger partial charge in [0.1, 0.15) is 16.5 Å². The summed E-state index contributed by atoms with van der Waals surface area (Å²) in [5.74, 6) is -0.747. The average molecular weight is 405 g/mol. The van der Waals surface area contributed by atoms with Crippen molar-refractivity contribution < 1.29 is 17.5 Å². The molecule has 27 heavy (non-hydrogen) atoms. The fraction of sp³-hybridized carbons (Fsp3) is 0.143. The minimum Gasteiger partial charge on any atom is -0.496 e. The van der Waals surface area contributed by atoms with Crippen molar-refractivity contribution in [1.29, 1.82) is 0 Å². The fourth-order valence-electron chi connectivity index (χ4n) is 2.91. The predicted octanol–water partition coefficient (Wildman–Crippen LogP) is 5.44. The minimum atomic E-state index is -3.96. The molecule has 0 atom stereocenters. The fourth-order valence-corrected chi connectivity index (χ4v) is 4.77. The Kier molecular flexibility index (Phi) is 5.53. The van der Waals surface area contributed by atoms with Crippen molar-refractivity contribution in [2.75, 3.05) is 7.11 Å². The second-order valence-corrected chi connectivity index (χ2v) is 8.58. The van der Waals surface area contributed by atoms with Gasteiger partial charge in [0.2, 0.25) is 0 Å².